The van der Waals surface area contributed by atoms with E-state index in [9.17, 15) is 18.0 Å². The molecule has 1 amide bonds. The summed E-state index contributed by atoms with van der Waals surface area (Å²) in [5, 5.41) is 0. The number of piperazine rings is 1. The Labute approximate surface area is 168 Å². The third kappa shape index (κ3) is 4.10. The Hall–Kier alpha value is -2.54. The van der Waals surface area contributed by atoms with Gasteiger partial charge in [0.05, 0.1) is 31.7 Å². The molecule has 2 aliphatic rings. The number of halogens is 3. The summed E-state index contributed by atoms with van der Waals surface area (Å²) in [5.74, 6) is 0.116. The number of nitrogens with one attached hydrogen (secondary N) is 1. The minimum atomic E-state index is -4.34. The Morgan fingerprint density at radius 3 is 2.55 bits per heavy atom. The molecule has 1 saturated heterocycles. The predicted octanol–water partition coefficient (Wildman–Crippen LogP) is 2.39. The van der Waals surface area contributed by atoms with Gasteiger partial charge in [-0.2, -0.15) is 13.2 Å². The fraction of sp³-hybridized carbons (Fsp3) is 0.409. The van der Waals surface area contributed by atoms with Crippen LogP contribution in [-0.4, -0.2) is 44.7 Å². The number of para-hydroxylation sites is 1. The molecule has 0 unspecified atom stereocenters. The van der Waals surface area contributed by atoms with Crippen molar-refractivity contribution in [3.05, 3.63) is 59.7 Å². The highest BCUT2D eigenvalue weighted by molar-refractivity contribution is 5.96. The maximum absolute atomic E-state index is 13.0. The number of carbonyl (C=O) groups is 1. The topological polar surface area (TPSA) is 28.0 Å². The van der Waals surface area contributed by atoms with Crippen LogP contribution < -0.4 is 14.7 Å². The average molecular weight is 404 g/mol. The predicted molar refractivity (Wildman–Crippen MR) is 106 cm³/mol. The van der Waals surface area contributed by atoms with E-state index in [2.05, 4.69) is 13.0 Å². The minimum Gasteiger partial charge on any atom is -0.360 e. The van der Waals surface area contributed by atoms with Gasteiger partial charge in [-0.15, -0.1) is 0 Å². The van der Waals surface area contributed by atoms with Gasteiger partial charge in [0.1, 0.15) is 0 Å². The van der Waals surface area contributed by atoms with E-state index >= 15 is 0 Å². The number of anilines is 2. The van der Waals surface area contributed by atoms with Crippen LogP contribution in [0.25, 0.3) is 0 Å². The highest BCUT2D eigenvalue weighted by Gasteiger charge is 2.34. The quantitative estimate of drug-likeness (QED) is 0.851. The summed E-state index contributed by atoms with van der Waals surface area (Å²) in [6.07, 6.45) is -3.46. The van der Waals surface area contributed by atoms with Crippen LogP contribution in [0.15, 0.2) is 48.5 Å². The van der Waals surface area contributed by atoms with E-state index in [4.69, 9.17) is 0 Å². The number of nitrogens with zero attached hydrogens (tertiary/aromatic N) is 2. The molecule has 0 aliphatic carbocycles. The van der Waals surface area contributed by atoms with Gasteiger partial charge in [0.2, 0.25) is 0 Å². The van der Waals surface area contributed by atoms with Gasteiger partial charge in [0.15, 0.2) is 6.54 Å². The second-order valence-corrected chi connectivity index (χ2v) is 7.91. The largest absolute Gasteiger partial charge is 0.416 e. The van der Waals surface area contributed by atoms with Gasteiger partial charge in [0, 0.05) is 17.4 Å². The van der Waals surface area contributed by atoms with Gasteiger partial charge < -0.3 is 14.7 Å². The number of carbonyl (C=O) groups excluding carboxylic acids is 1. The second kappa shape index (κ2) is 7.71. The van der Waals surface area contributed by atoms with Crippen molar-refractivity contribution in [1.29, 1.82) is 0 Å². The van der Waals surface area contributed by atoms with E-state index in [0.29, 0.717) is 25.3 Å². The third-order valence-corrected chi connectivity index (χ3v) is 5.89. The number of alkyl halides is 3. The second-order valence-electron chi connectivity index (χ2n) is 7.91. The summed E-state index contributed by atoms with van der Waals surface area (Å²) in [4.78, 5) is 18.0. The summed E-state index contributed by atoms with van der Waals surface area (Å²) in [7, 11) is 0. The molecule has 2 aromatic rings. The number of fused-ring (bicyclic) bond motifs is 1. The first-order chi connectivity index (χ1) is 13.8. The molecule has 4 rings (SSSR count). The molecule has 0 radical (unpaired) electrons. The SMILES string of the molecule is C[C@@H]1Cc2ccccc2N1C(=O)C[NH+]1CCN(c2cccc(C(F)(F)F)c2)CC1. The van der Waals surface area contributed by atoms with Crippen LogP contribution in [0.5, 0.6) is 0 Å². The van der Waals surface area contributed by atoms with Crippen molar-refractivity contribution >= 4 is 17.3 Å². The fourth-order valence-electron chi connectivity index (χ4n) is 4.38. The maximum atomic E-state index is 13.0. The molecule has 0 aromatic heterocycles. The molecule has 29 heavy (non-hydrogen) atoms. The molecular weight excluding hydrogens is 379 g/mol. The van der Waals surface area contributed by atoms with Crippen molar-refractivity contribution in [2.45, 2.75) is 25.6 Å². The highest BCUT2D eigenvalue weighted by Crippen LogP contribution is 2.32. The normalized spacial score (nSPS) is 20.1. The molecule has 1 N–H and O–H groups in total. The van der Waals surface area contributed by atoms with Crippen LogP contribution >= 0.6 is 0 Å². The van der Waals surface area contributed by atoms with E-state index in [0.717, 1.165) is 31.3 Å². The van der Waals surface area contributed by atoms with Crippen LogP contribution in [0.2, 0.25) is 0 Å². The van der Waals surface area contributed by atoms with Crippen molar-refractivity contribution in [2.24, 2.45) is 0 Å². The first-order valence-corrected chi connectivity index (χ1v) is 9.98. The van der Waals surface area contributed by atoms with Crippen LogP contribution in [0.1, 0.15) is 18.1 Å². The summed E-state index contributed by atoms with van der Waals surface area (Å²) in [5.41, 5.74) is 2.18. The number of benzene rings is 2. The Bertz CT molecular complexity index is 891. The van der Waals surface area contributed by atoms with Crippen molar-refractivity contribution < 1.29 is 22.9 Å². The Kier molecular flexibility index (Phi) is 5.25. The molecule has 0 saturated carbocycles. The Balaban J connectivity index is 1.37. The first kappa shape index (κ1) is 19.8. The molecule has 1 atom stereocenters. The van der Waals surface area contributed by atoms with Gasteiger partial charge in [0.25, 0.3) is 5.91 Å². The number of hydrogen-bond acceptors (Lipinski definition) is 2. The smallest absolute Gasteiger partial charge is 0.360 e. The van der Waals surface area contributed by atoms with E-state index in [1.807, 2.05) is 28.0 Å². The number of quaternary nitrogens is 1. The van der Waals surface area contributed by atoms with E-state index in [1.165, 1.54) is 22.6 Å². The molecule has 2 aliphatic heterocycles. The number of amides is 1. The zero-order chi connectivity index (χ0) is 20.6. The van der Waals surface area contributed by atoms with E-state index in [1.54, 1.807) is 6.07 Å². The lowest BCUT2D eigenvalue weighted by Gasteiger charge is -2.34. The van der Waals surface area contributed by atoms with Crippen molar-refractivity contribution in [3.8, 4) is 0 Å². The lowest BCUT2D eigenvalue weighted by atomic mass is 10.1. The van der Waals surface area contributed by atoms with Crippen LogP contribution in [0, 0.1) is 0 Å². The van der Waals surface area contributed by atoms with Gasteiger partial charge in [-0.25, -0.2) is 0 Å². The van der Waals surface area contributed by atoms with Crippen LogP contribution in [-0.2, 0) is 17.4 Å². The van der Waals surface area contributed by atoms with E-state index in [-0.39, 0.29) is 11.9 Å². The molecule has 0 bridgehead atoms. The summed E-state index contributed by atoms with van der Waals surface area (Å²) >= 11 is 0. The third-order valence-electron chi connectivity index (χ3n) is 5.89. The zero-order valence-corrected chi connectivity index (χ0v) is 16.4. The lowest BCUT2D eigenvalue weighted by Crippen LogP contribution is -3.16. The molecule has 0 spiro atoms. The molecule has 2 aromatic carbocycles. The lowest BCUT2D eigenvalue weighted by molar-refractivity contribution is -0.892. The van der Waals surface area contributed by atoms with Gasteiger partial charge in [-0.05, 0) is 43.2 Å². The Morgan fingerprint density at radius 2 is 1.83 bits per heavy atom. The van der Waals surface area contributed by atoms with Crippen molar-refractivity contribution in [3.63, 3.8) is 0 Å². The Morgan fingerprint density at radius 1 is 1.10 bits per heavy atom. The summed E-state index contributed by atoms with van der Waals surface area (Å²) < 4.78 is 38.9. The standard InChI is InChI=1S/C22H24F3N3O/c1-16-13-17-5-2-3-8-20(17)28(16)21(29)15-26-9-11-27(12-10-26)19-7-4-6-18(14-19)22(23,24)25/h2-8,14,16H,9-13,15H2,1H3/p+1/t16-/m1/s1. The van der Waals surface area contributed by atoms with Crippen LogP contribution in [0.3, 0.4) is 0 Å². The highest BCUT2D eigenvalue weighted by atomic mass is 19.4. The van der Waals surface area contributed by atoms with Gasteiger partial charge >= 0.3 is 6.18 Å². The minimum absolute atomic E-state index is 0.116. The maximum Gasteiger partial charge on any atom is 0.416 e. The summed E-state index contributed by atoms with van der Waals surface area (Å²) in [6, 6.07) is 13.7. The molecular formula is C22H25F3N3O+. The number of hydrogen-bond donors (Lipinski definition) is 1. The van der Waals surface area contributed by atoms with Crippen LogP contribution in [0.4, 0.5) is 24.5 Å². The molecule has 2 heterocycles. The molecule has 7 heteroatoms. The number of rotatable bonds is 3. The van der Waals surface area contributed by atoms with E-state index < -0.39 is 11.7 Å². The van der Waals surface area contributed by atoms with Gasteiger partial charge in [-0.1, -0.05) is 24.3 Å². The molecule has 1 fully saturated rings. The molecule has 4 nitrogen and oxygen atoms in total. The zero-order valence-electron chi connectivity index (χ0n) is 16.4. The monoisotopic (exact) mass is 404 g/mol. The summed E-state index contributed by atoms with van der Waals surface area (Å²) in [6.45, 7) is 5.21. The van der Waals surface area contributed by atoms with Crippen molar-refractivity contribution in [2.75, 3.05) is 42.5 Å². The van der Waals surface area contributed by atoms with Gasteiger partial charge in [-0.3, -0.25) is 4.79 Å². The first-order valence-electron chi connectivity index (χ1n) is 9.98. The fourth-order valence-corrected chi connectivity index (χ4v) is 4.38. The average Bonchev–Trinajstić information content (AvgIpc) is 3.04. The molecule has 154 valence electrons. The van der Waals surface area contributed by atoms with Crippen molar-refractivity contribution in [1.82, 2.24) is 0 Å².